The Morgan fingerprint density at radius 2 is 1.96 bits per heavy atom. The summed E-state index contributed by atoms with van der Waals surface area (Å²) in [6.45, 7) is 2.32. The van der Waals surface area contributed by atoms with E-state index in [4.69, 9.17) is 12.2 Å². The molecule has 1 aromatic heterocycles. The van der Waals surface area contributed by atoms with Crippen LogP contribution in [0.25, 0.3) is 0 Å². The molecule has 144 valence electrons. The molecule has 1 aromatic carbocycles. The minimum Gasteiger partial charge on any atom is -0.341 e. The van der Waals surface area contributed by atoms with E-state index in [0.717, 1.165) is 29.0 Å². The molecule has 0 fully saturated rings. The highest BCUT2D eigenvalue weighted by Crippen LogP contribution is 2.43. The molecule has 0 aliphatic carbocycles. The van der Waals surface area contributed by atoms with Gasteiger partial charge in [-0.25, -0.2) is 4.98 Å². The quantitative estimate of drug-likeness (QED) is 0.220. The molecule has 1 N–H and O–H groups in total. The molecule has 10 heteroatoms. The topological polar surface area (TPSA) is 52.0 Å². The number of benzene rings is 1. The number of pyridine rings is 1. The number of halogens is 4. The summed E-state index contributed by atoms with van der Waals surface area (Å²) < 4.78 is 3.13. The zero-order valence-electron chi connectivity index (χ0n) is 14.6. The van der Waals surface area contributed by atoms with E-state index < -0.39 is 0 Å². The van der Waals surface area contributed by atoms with E-state index in [1.807, 2.05) is 24.1 Å². The van der Waals surface area contributed by atoms with Gasteiger partial charge < -0.3 is 10.2 Å². The summed E-state index contributed by atoms with van der Waals surface area (Å²) in [5, 5.41) is 14.0. The van der Waals surface area contributed by atoms with Crippen LogP contribution in [-0.2, 0) is 0 Å². The third kappa shape index (κ3) is 5.94. The maximum Gasteiger partial charge on any atom is 0.173 e. The fourth-order valence-corrected chi connectivity index (χ4v) is 5.33. The Balaban J connectivity index is 2.26. The molecule has 0 unspecified atom stereocenters. The van der Waals surface area contributed by atoms with E-state index in [1.165, 1.54) is 11.8 Å². The number of nitrogens with zero attached hydrogens (tertiary/aromatic N) is 3. The first-order valence-electron chi connectivity index (χ1n) is 7.62. The number of nitrogens with one attached hydrogen (secondary N) is 1. The van der Waals surface area contributed by atoms with Crippen LogP contribution >= 0.6 is 87.7 Å². The second-order valence-corrected chi connectivity index (χ2v) is 9.83. The first-order valence-corrected chi connectivity index (χ1v) is 12.0. The standard InChI is InChI=1S/C18H12Br4N4S2/c1-3-4-7-26(2)18(27)24-11-5-6-12(10(8-11)9-23)28-17-15(21)13(19)14(20)16(22)25-17/h5-6,8H,7H2,1-2H3,(H,24,27). The lowest BCUT2D eigenvalue weighted by atomic mass is 10.2. The number of anilines is 1. The molecule has 0 aliphatic heterocycles. The molecule has 2 aromatic rings. The number of hydrogen-bond donors (Lipinski definition) is 1. The van der Waals surface area contributed by atoms with Gasteiger partial charge in [0.2, 0.25) is 0 Å². The van der Waals surface area contributed by atoms with Crippen LogP contribution in [-0.4, -0.2) is 28.6 Å². The van der Waals surface area contributed by atoms with Crippen molar-refractivity contribution >= 4 is 98.5 Å². The molecule has 0 radical (unpaired) electrons. The van der Waals surface area contributed by atoms with Crippen LogP contribution in [0, 0.1) is 23.2 Å². The largest absolute Gasteiger partial charge is 0.341 e. The molecule has 28 heavy (non-hydrogen) atoms. The average molecular weight is 668 g/mol. The van der Waals surface area contributed by atoms with E-state index in [0.29, 0.717) is 21.8 Å². The summed E-state index contributed by atoms with van der Waals surface area (Å²) in [5.74, 6) is 5.80. The summed E-state index contributed by atoms with van der Waals surface area (Å²) in [7, 11) is 1.86. The highest BCUT2D eigenvalue weighted by Gasteiger charge is 2.16. The molecule has 2 rings (SSSR count). The highest BCUT2D eigenvalue weighted by molar-refractivity contribution is 9.15. The Kier molecular flexibility index (Phi) is 9.26. The number of nitriles is 1. The third-order valence-electron chi connectivity index (χ3n) is 3.35. The Bertz CT molecular complexity index is 1020. The maximum absolute atomic E-state index is 9.59. The summed E-state index contributed by atoms with van der Waals surface area (Å²) in [4.78, 5) is 7.14. The van der Waals surface area contributed by atoms with Gasteiger partial charge in [-0.3, -0.25) is 0 Å². The Hall–Kier alpha value is -0.620. The molecule has 0 atom stereocenters. The van der Waals surface area contributed by atoms with Crippen molar-refractivity contribution < 1.29 is 0 Å². The Labute approximate surface area is 207 Å². The van der Waals surface area contributed by atoms with Crippen molar-refractivity contribution in [3.8, 4) is 17.9 Å². The molecule has 0 aliphatic rings. The lowest BCUT2D eigenvalue weighted by molar-refractivity contribution is 0.583. The van der Waals surface area contributed by atoms with Crippen LogP contribution < -0.4 is 5.32 Å². The Morgan fingerprint density at radius 3 is 2.61 bits per heavy atom. The van der Waals surface area contributed by atoms with Gasteiger partial charge in [0.25, 0.3) is 0 Å². The van der Waals surface area contributed by atoms with Gasteiger partial charge in [-0.05, 0) is 101 Å². The molecule has 4 nitrogen and oxygen atoms in total. The first kappa shape index (κ1) is 23.7. The summed E-state index contributed by atoms with van der Waals surface area (Å²) in [6.07, 6.45) is 0. The summed E-state index contributed by atoms with van der Waals surface area (Å²) >= 11 is 20.7. The maximum atomic E-state index is 9.59. The number of hydrogen-bond acceptors (Lipinski definition) is 4. The molecule has 0 spiro atoms. The van der Waals surface area contributed by atoms with Crippen molar-refractivity contribution in [2.75, 3.05) is 18.9 Å². The van der Waals surface area contributed by atoms with Gasteiger partial charge in [0.15, 0.2) is 5.11 Å². The average Bonchev–Trinajstić information content (AvgIpc) is 2.69. The van der Waals surface area contributed by atoms with Gasteiger partial charge in [-0.2, -0.15) is 5.26 Å². The van der Waals surface area contributed by atoms with Crippen molar-refractivity contribution in [3.05, 3.63) is 41.8 Å². The zero-order valence-corrected chi connectivity index (χ0v) is 22.6. The number of aromatic nitrogens is 1. The van der Waals surface area contributed by atoms with E-state index in [-0.39, 0.29) is 0 Å². The predicted octanol–water partition coefficient (Wildman–Crippen LogP) is 6.81. The smallest absolute Gasteiger partial charge is 0.173 e. The number of rotatable bonds is 4. The lowest BCUT2D eigenvalue weighted by Gasteiger charge is -2.19. The second-order valence-electron chi connectivity index (χ2n) is 5.29. The predicted molar refractivity (Wildman–Crippen MR) is 133 cm³/mol. The molecule has 0 saturated heterocycles. The van der Waals surface area contributed by atoms with Gasteiger partial charge in [0, 0.05) is 17.6 Å². The van der Waals surface area contributed by atoms with Crippen molar-refractivity contribution in [2.45, 2.75) is 16.8 Å². The van der Waals surface area contributed by atoms with Crippen LogP contribution in [0.2, 0.25) is 0 Å². The fraction of sp³-hybridized carbons (Fsp3) is 0.167. The second kappa shape index (κ2) is 11.0. The molecule has 0 saturated carbocycles. The SMILES string of the molecule is CC#CCN(C)C(=S)Nc1ccc(Sc2nc(Br)c(Br)c(Br)c2Br)c(C#N)c1. The van der Waals surface area contributed by atoms with Crippen LogP contribution in [0.15, 0.2) is 46.1 Å². The fourth-order valence-electron chi connectivity index (χ4n) is 1.91. The molecule has 0 amide bonds. The third-order valence-corrected chi connectivity index (χ3v) is 9.60. The lowest BCUT2D eigenvalue weighted by Crippen LogP contribution is -2.31. The highest BCUT2D eigenvalue weighted by atomic mass is 79.9. The van der Waals surface area contributed by atoms with Crippen LogP contribution in [0.3, 0.4) is 0 Å². The molecule has 0 bridgehead atoms. The number of thiocarbonyl (C=S) groups is 1. The molecular formula is C18H12Br4N4S2. The first-order chi connectivity index (χ1) is 13.3. The van der Waals surface area contributed by atoms with E-state index in [2.05, 4.69) is 91.9 Å². The minimum absolute atomic E-state index is 0.526. The normalized spacial score (nSPS) is 9.89. The zero-order chi connectivity index (χ0) is 20.8. The van der Waals surface area contributed by atoms with Crippen LogP contribution in [0.1, 0.15) is 12.5 Å². The molecule has 1 heterocycles. The molecular weight excluding hydrogens is 656 g/mol. The van der Waals surface area contributed by atoms with Crippen molar-refractivity contribution in [3.63, 3.8) is 0 Å². The van der Waals surface area contributed by atoms with Gasteiger partial charge >= 0.3 is 0 Å². The van der Waals surface area contributed by atoms with Crippen LogP contribution in [0.5, 0.6) is 0 Å². The van der Waals surface area contributed by atoms with Crippen molar-refractivity contribution in [1.29, 1.82) is 5.26 Å². The van der Waals surface area contributed by atoms with Gasteiger partial charge in [-0.15, -0.1) is 5.92 Å². The monoisotopic (exact) mass is 664 g/mol. The van der Waals surface area contributed by atoms with Gasteiger partial charge in [0.05, 0.1) is 25.5 Å². The van der Waals surface area contributed by atoms with Gasteiger partial charge in [-0.1, -0.05) is 17.7 Å². The van der Waals surface area contributed by atoms with E-state index >= 15 is 0 Å². The van der Waals surface area contributed by atoms with Crippen LogP contribution in [0.4, 0.5) is 5.69 Å². The minimum atomic E-state index is 0.526. The summed E-state index contributed by atoms with van der Waals surface area (Å²) in [5.41, 5.74) is 1.27. The van der Waals surface area contributed by atoms with E-state index in [9.17, 15) is 5.26 Å². The van der Waals surface area contributed by atoms with E-state index in [1.54, 1.807) is 13.0 Å². The van der Waals surface area contributed by atoms with Gasteiger partial charge in [0.1, 0.15) is 15.7 Å². The van der Waals surface area contributed by atoms with Crippen molar-refractivity contribution in [2.24, 2.45) is 0 Å². The summed E-state index contributed by atoms with van der Waals surface area (Å²) in [6, 6.07) is 7.76. The van der Waals surface area contributed by atoms with Crippen molar-refractivity contribution in [1.82, 2.24) is 9.88 Å². The Morgan fingerprint density at radius 1 is 1.25 bits per heavy atom.